The SMILES string of the molecule is COC(CNC(=O)C1(NC(=O)OCC2c3ccccc3-c3ccccc32)CCOCC1)CC(=O)O. The van der Waals surface area contributed by atoms with Crippen LogP contribution in [0.3, 0.4) is 0 Å². The Morgan fingerprint density at radius 1 is 1.06 bits per heavy atom. The Morgan fingerprint density at radius 2 is 1.66 bits per heavy atom. The predicted molar refractivity (Wildman–Crippen MR) is 127 cm³/mol. The smallest absolute Gasteiger partial charge is 0.408 e. The minimum atomic E-state index is -1.21. The summed E-state index contributed by atoms with van der Waals surface area (Å²) in [5.74, 6) is -1.53. The molecule has 9 heteroatoms. The zero-order chi connectivity index (χ0) is 24.8. The molecule has 0 saturated carbocycles. The van der Waals surface area contributed by atoms with Crippen molar-refractivity contribution in [3.8, 4) is 11.1 Å². The van der Waals surface area contributed by atoms with E-state index >= 15 is 0 Å². The van der Waals surface area contributed by atoms with Crippen LogP contribution >= 0.6 is 0 Å². The van der Waals surface area contributed by atoms with Gasteiger partial charge in [0, 0.05) is 45.6 Å². The largest absolute Gasteiger partial charge is 0.481 e. The van der Waals surface area contributed by atoms with Crippen molar-refractivity contribution in [1.29, 1.82) is 0 Å². The lowest BCUT2D eigenvalue weighted by Crippen LogP contribution is -2.62. The fourth-order valence-corrected chi connectivity index (χ4v) is 4.77. The highest BCUT2D eigenvalue weighted by Crippen LogP contribution is 2.44. The summed E-state index contributed by atoms with van der Waals surface area (Å²) in [4.78, 5) is 37.0. The van der Waals surface area contributed by atoms with E-state index in [1.165, 1.54) is 7.11 Å². The van der Waals surface area contributed by atoms with E-state index in [9.17, 15) is 14.4 Å². The molecule has 186 valence electrons. The molecule has 1 atom stereocenters. The monoisotopic (exact) mass is 482 g/mol. The van der Waals surface area contributed by atoms with Crippen molar-refractivity contribution < 1.29 is 33.7 Å². The van der Waals surface area contributed by atoms with E-state index in [1.807, 2.05) is 36.4 Å². The first-order valence-corrected chi connectivity index (χ1v) is 11.7. The summed E-state index contributed by atoms with van der Waals surface area (Å²) < 4.78 is 16.2. The number of rotatable bonds is 9. The molecule has 1 aliphatic carbocycles. The third-order valence-corrected chi connectivity index (χ3v) is 6.69. The van der Waals surface area contributed by atoms with Gasteiger partial charge in [-0.3, -0.25) is 9.59 Å². The molecular weight excluding hydrogens is 452 g/mol. The fraction of sp³-hybridized carbons (Fsp3) is 0.423. The zero-order valence-electron chi connectivity index (χ0n) is 19.6. The molecule has 2 amide bonds. The van der Waals surface area contributed by atoms with Crippen LogP contribution in [0, 0.1) is 0 Å². The fourth-order valence-electron chi connectivity index (χ4n) is 4.77. The first kappa shape index (κ1) is 24.7. The van der Waals surface area contributed by atoms with E-state index in [-0.39, 0.29) is 38.3 Å². The summed E-state index contributed by atoms with van der Waals surface area (Å²) in [6, 6.07) is 16.1. The molecule has 3 N–H and O–H groups in total. The number of ether oxygens (including phenoxy) is 3. The second-order valence-electron chi connectivity index (χ2n) is 8.81. The van der Waals surface area contributed by atoms with Crippen molar-refractivity contribution in [2.45, 2.75) is 36.8 Å². The molecule has 1 aliphatic heterocycles. The number of nitrogens with one attached hydrogen (secondary N) is 2. The molecule has 0 bridgehead atoms. The second kappa shape index (κ2) is 10.9. The van der Waals surface area contributed by atoms with Crippen LogP contribution in [0.25, 0.3) is 11.1 Å². The maximum Gasteiger partial charge on any atom is 0.408 e. The molecule has 1 heterocycles. The van der Waals surface area contributed by atoms with Crippen LogP contribution in [0.15, 0.2) is 48.5 Å². The summed E-state index contributed by atoms with van der Waals surface area (Å²) in [6.45, 7) is 0.759. The van der Waals surface area contributed by atoms with Gasteiger partial charge in [0.25, 0.3) is 0 Å². The molecule has 2 aliphatic rings. The number of carbonyl (C=O) groups is 3. The third kappa shape index (κ3) is 5.47. The van der Waals surface area contributed by atoms with Crippen molar-refractivity contribution in [3.05, 3.63) is 59.7 Å². The molecule has 35 heavy (non-hydrogen) atoms. The molecule has 9 nitrogen and oxygen atoms in total. The van der Waals surface area contributed by atoms with Crippen molar-refractivity contribution in [2.75, 3.05) is 33.5 Å². The molecule has 4 rings (SSSR count). The first-order valence-electron chi connectivity index (χ1n) is 11.7. The Labute approximate surface area is 203 Å². The van der Waals surface area contributed by atoms with Gasteiger partial charge in [-0.2, -0.15) is 0 Å². The number of benzene rings is 2. The van der Waals surface area contributed by atoms with Crippen molar-refractivity contribution >= 4 is 18.0 Å². The Bertz CT molecular complexity index is 1040. The molecule has 0 aromatic heterocycles. The van der Waals surface area contributed by atoms with E-state index in [4.69, 9.17) is 19.3 Å². The number of carbonyl (C=O) groups excluding carboxylic acids is 2. The Kier molecular flexibility index (Phi) is 7.67. The summed E-state index contributed by atoms with van der Waals surface area (Å²) in [5.41, 5.74) is 3.26. The van der Waals surface area contributed by atoms with Gasteiger partial charge in [-0.25, -0.2) is 4.79 Å². The molecule has 2 aromatic rings. The van der Waals surface area contributed by atoms with Gasteiger partial charge in [0.2, 0.25) is 5.91 Å². The molecular formula is C26H30N2O7. The normalized spacial score (nSPS) is 17.1. The van der Waals surface area contributed by atoms with Crippen LogP contribution in [0.2, 0.25) is 0 Å². The summed E-state index contributed by atoms with van der Waals surface area (Å²) >= 11 is 0. The van der Waals surface area contributed by atoms with Gasteiger partial charge >= 0.3 is 12.1 Å². The minimum Gasteiger partial charge on any atom is -0.481 e. The lowest BCUT2D eigenvalue weighted by Gasteiger charge is -2.36. The van der Waals surface area contributed by atoms with E-state index in [0.29, 0.717) is 13.2 Å². The van der Waals surface area contributed by atoms with E-state index in [1.54, 1.807) is 0 Å². The Balaban J connectivity index is 1.41. The van der Waals surface area contributed by atoms with Gasteiger partial charge in [-0.15, -0.1) is 0 Å². The van der Waals surface area contributed by atoms with Crippen molar-refractivity contribution in [3.63, 3.8) is 0 Å². The van der Waals surface area contributed by atoms with Crippen molar-refractivity contribution in [2.24, 2.45) is 0 Å². The quantitative estimate of drug-likeness (QED) is 0.502. The number of carboxylic acid groups (broad SMARTS) is 1. The van der Waals surface area contributed by atoms with Gasteiger partial charge in [0.05, 0.1) is 12.5 Å². The average Bonchev–Trinajstić information content (AvgIpc) is 3.19. The second-order valence-corrected chi connectivity index (χ2v) is 8.81. The Morgan fingerprint density at radius 3 is 2.23 bits per heavy atom. The highest BCUT2D eigenvalue weighted by atomic mass is 16.5. The van der Waals surface area contributed by atoms with Gasteiger partial charge in [0.1, 0.15) is 12.1 Å². The highest BCUT2D eigenvalue weighted by Gasteiger charge is 2.42. The van der Waals surface area contributed by atoms with Crippen LogP contribution < -0.4 is 10.6 Å². The number of amides is 2. The van der Waals surface area contributed by atoms with Crippen LogP contribution in [0.1, 0.15) is 36.3 Å². The molecule has 0 spiro atoms. The van der Waals surface area contributed by atoms with Gasteiger partial charge in [0.15, 0.2) is 0 Å². The maximum atomic E-state index is 13.1. The number of aliphatic carboxylic acids is 1. The number of fused-ring (bicyclic) bond motifs is 3. The van der Waals surface area contributed by atoms with E-state index < -0.39 is 29.6 Å². The zero-order valence-corrected chi connectivity index (χ0v) is 19.6. The first-order chi connectivity index (χ1) is 16.9. The molecule has 2 aromatic carbocycles. The topological polar surface area (TPSA) is 123 Å². The molecule has 1 fully saturated rings. The van der Waals surface area contributed by atoms with Gasteiger partial charge in [-0.05, 0) is 22.3 Å². The number of carboxylic acids is 1. The lowest BCUT2D eigenvalue weighted by atomic mass is 9.89. The number of methoxy groups -OCH3 is 1. The highest BCUT2D eigenvalue weighted by molar-refractivity contribution is 5.90. The average molecular weight is 483 g/mol. The molecule has 0 radical (unpaired) electrons. The summed E-state index contributed by atoms with van der Waals surface area (Å²) in [6.07, 6.45) is -1.05. The Hall–Kier alpha value is -3.43. The summed E-state index contributed by atoms with van der Waals surface area (Å²) in [7, 11) is 1.39. The van der Waals surface area contributed by atoms with Gasteiger partial charge < -0.3 is 30.0 Å². The number of hydrogen-bond acceptors (Lipinski definition) is 6. The molecule has 1 unspecified atom stereocenters. The standard InChI is InChI=1S/C26H30N2O7/c1-33-17(14-23(29)30)15-27-24(31)26(10-12-34-13-11-26)28-25(32)35-16-22-20-8-4-2-6-18(20)19-7-3-5-9-21(19)22/h2-9,17,22H,10-16H2,1H3,(H,27,31)(H,28,32)(H,29,30). The minimum absolute atomic E-state index is 0.0105. The number of alkyl carbamates (subject to hydrolysis) is 1. The van der Waals surface area contributed by atoms with Crippen LogP contribution in [0.4, 0.5) is 4.79 Å². The van der Waals surface area contributed by atoms with Crippen LogP contribution in [-0.4, -0.2) is 68.2 Å². The summed E-state index contributed by atoms with van der Waals surface area (Å²) in [5, 5.41) is 14.5. The maximum absolute atomic E-state index is 13.1. The van der Waals surface area contributed by atoms with Crippen molar-refractivity contribution in [1.82, 2.24) is 10.6 Å². The van der Waals surface area contributed by atoms with Crippen LogP contribution in [0.5, 0.6) is 0 Å². The van der Waals surface area contributed by atoms with E-state index in [0.717, 1.165) is 22.3 Å². The van der Waals surface area contributed by atoms with Gasteiger partial charge in [-0.1, -0.05) is 48.5 Å². The third-order valence-electron chi connectivity index (χ3n) is 6.69. The predicted octanol–water partition coefficient (Wildman–Crippen LogP) is 2.68. The van der Waals surface area contributed by atoms with E-state index in [2.05, 4.69) is 22.8 Å². The lowest BCUT2D eigenvalue weighted by molar-refractivity contribution is -0.140. The number of hydrogen-bond donors (Lipinski definition) is 3. The van der Waals surface area contributed by atoms with Crippen LogP contribution in [-0.2, 0) is 23.8 Å². The molecule has 1 saturated heterocycles.